The third-order valence-electron chi connectivity index (χ3n) is 6.30. The van der Waals surface area contributed by atoms with Gasteiger partial charge in [0.15, 0.2) is 23.0 Å². The summed E-state index contributed by atoms with van der Waals surface area (Å²) in [6.07, 6.45) is 5.68. The van der Waals surface area contributed by atoms with E-state index in [-0.39, 0.29) is 38.2 Å². The summed E-state index contributed by atoms with van der Waals surface area (Å²) in [5, 5.41) is 12.5. The van der Waals surface area contributed by atoms with Crippen LogP contribution >= 0.6 is 0 Å². The highest BCUT2D eigenvalue weighted by molar-refractivity contribution is 5.96. The molecule has 2 aliphatic heterocycles. The van der Waals surface area contributed by atoms with Gasteiger partial charge in [0.2, 0.25) is 5.43 Å². The van der Waals surface area contributed by atoms with Gasteiger partial charge in [-0.3, -0.25) is 19.3 Å². The van der Waals surface area contributed by atoms with Gasteiger partial charge in [-0.1, -0.05) is 62.9 Å². The molecule has 0 unspecified atom stereocenters. The van der Waals surface area contributed by atoms with Crippen LogP contribution in [0.2, 0.25) is 0 Å². The fourth-order valence-electron chi connectivity index (χ4n) is 4.66. The van der Waals surface area contributed by atoms with Crippen LogP contribution in [-0.4, -0.2) is 39.9 Å². The summed E-state index contributed by atoms with van der Waals surface area (Å²) >= 11 is 0. The van der Waals surface area contributed by atoms with Crippen LogP contribution in [0.5, 0.6) is 11.5 Å². The molecule has 0 saturated carbocycles. The Kier molecular flexibility index (Phi) is 6.64. The lowest BCUT2D eigenvalue weighted by Crippen LogP contribution is -2.57. The lowest BCUT2D eigenvalue weighted by Gasteiger charge is -2.45. The molecule has 0 radical (unpaired) electrons. The smallest absolute Gasteiger partial charge is 0.278 e. The van der Waals surface area contributed by atoms with Crippen molar-refractivity contribution in [2.45, 2.75) is 32.9 Å². The molecule has 1 amide bonds. The molecule has 0 aliphatic carbocycles. The molecule has 3 heterocycles. The first-order valence-electron chi connectivity index (χ1n) is 11.2. The number of benzene rings is 2. The van der Waals surface area contributed by atoms with Crippen molar-refractivity contribution in [2.24, 2.45) is 0 Å². The highest BCUT2D eigenvalue weighted by atomic mass is 19.1. The van der Waals surface area contributed by atoms with Crippen LogP contribution in [0, 0.1) is 5.82 Å². The number of aromatic hydroxyl groups is 1. The van der Waals surface area contributed by atoms with E-state index in [1.165, 1.54) is 23.0 Å². The van der Waals surface area contributed by atoms with Gasteiger partial charge in [-0.05, 0) is 24.1 Å². The summed E-state index contributed by atoms with van der Waals surface area (Å²) in [4.78, 5) is 27.4. The topological polar surface area (TPSA) is 75.0 Å². The van der Waals surface area contributed by atoms with E-state index >= 15 is 4.39 Å². The van der Waals surface area contributed by atoms with E-state index < -0.39 is 28.9 Å². The van der Waals surface area contributed by atoms with Gasteiger partial charge in [0, 0.05) is 17.8 Å². The third-order valence-corrected chi connectivity index (χ3v) is 6.30. The van der Waals surface area contributed by atoms with Crippen LogP contribution < -0.4 is 15.2 Å². The summed E-state index contributed by atoms with van der Waals surface area (Å²) in [7, 11) is 0. The van der Waals surface area contributed by atoms with Crippen LogP contribution in [0.4, 0.5) is 4.39 Å². The van der Waals surface area contributed by atoms with E-state index in [0.29, 0.717) is 12.0 Å². The van der Waals surface area contributed by atoms with Crippen LogP contribution in [0.15, 0.2) is 77.7 Å². The minimum Gasteiger partial charge on any atom is -0.502 e. The molecular weight excluding hydrogens is 449 g/mol. The summed E-state index contributed by atoms with van der Waals surface area (Å²) in [6, 6.07) is 14.6. The number of pyridine rings is 1. The van der Waals surface area contributed by atoms with E-state index in [0.717, 1.165) is 5.56 Å². The molecule has 1 aromatic heterocycles. The zero-order valence-corrected chi connectivity index (χ0v) is 18.6. The van der Waals surface area contributed by atoms with Gasteiger partial charge in [-0.25, -0.2) is 4.39 Å². The Hall–Kier alpha value is -4.07. The average molecular weight is 478 g/mol. The quantitative estimate of drug-likeness (QED) is 0.560. The van der Waals surface area contributed by atoms with Gasteiger partial charge < -0.3 is 14.7 Å². The van der Waals surface area contributed by atoms with E-state index in [4.69, 9.17) is 4.74 Å². The van der Waals surface area contributed by atoms with Crippen molar-refractivity contribution in [1.29, 1.82) is 0 Å². The Bertz CT molecular complexity index is 1320. The fraction of sp³-hybridized carbons (Fsp3) is 0.259. The predicted molar refractivity (Wildman–Crippen MR) is 132 cm³/mol. The SMILES string of the molecule is C.CC[C@H]1/C=C/COc2c(F)cccc2[C@@H](c2ccccc2)N2CN1C(=O)c1c(O)c(=O)ccn12. The molecule has 2 aliphatic rings. The van der Waals surface area contributed by atoms with Crippen LogP contribution in [0.1, 0.15) is 48.4 Å². The zero-order valence-electron chi connectivity index (χ0n) is 18.6. The molecule has 1 N–H and O–H groups in total. The van der Waals surface area contributed by atoms with Crippen LogP contribution in [0.25, 0.3) is 0 Å². The number of aromatic nitrogens is 1. The van der Waals surface area contributed by atoms with E-state index in [1.54, 1.807) is 23.1 Å². The molecule has 0 fully saturated rings. The molecule has 0 spiro atoms. The van der Waals surface area contributed by atoms with Crippen molar-refractivity contribution >= 4 is 5.91 Å². The average Bonchev–Trinajstić information content (AvgIpc) is 2.87. The van der Waals surface area contributed by atoms with E-state index in [2.05, 4.69) is 0 Å². The van der Waals surface area contributed by atoms with E-state index in [1.807, 2.05) is 48.3 Å². The fourth-order valence-corrected chi connectivity index (χ4v) is 4.66. The first kappa shape index (κ1) is 24.1. The number of para-hydroxylation sites is 1. The molecule has 2 bridgehead atoms. The van der Waals surface area contributed by atoms with Crippen molar-refractivity contribution in [3.05, 3.63) is 106 Å². The van der Waals surface area contributed by atoms with Gasteiger partial charge in [0.05, 0.1) is 6.04 Å². The van der Waals surface area contributed by atoms with E-state index in [9.17, 15) is 14.7 Å². The van der Waals surface area contributed by atoms with Crippen molar-refractivity contribution in [3.8, 4) is 11.5 Å². The molecule has 8 heteroatoms. The summed E-state index contributed by atoms with van der Waals surface area (Å²) in [6.45, 7) is 2.22. The second kappa shape index (κ2) is 9.66. The lowest BCUT2D eigenvalue weighted by molar-refractivity contribution is 0.0626. The molecule has 3 aromatic rings. The van der Waals surface area contributed by atoms with Crippen molar-refractivity contribution < 1.29 is 19.0 Å². The maximum absolute atomic E-state index is 15.0. The Labute approximate surface area is 203 Å². The number of halogens is 1. The van der Waals surface area contributed by atoms with Gasteiger partial charge in [-0.2, -0.15) is 0 Å². The molecule has 7 nitrogen and oxygen atoms in total. The number of nitrogens with zero attached hydrogens (tertiary/aromatic N) is 3. The number of carbonyl (C=O) groups excluding carboxylic acids is 1. The summed E-state index contributed by atoms with van der Waals surface area (Å²) in [5.41, 5.74) is 0.634. The minimum atomic E-state index is -0.639. The number of fused-ring (bicyclic) bond motifs is 5. The van der Waals surface area contributed by atoms with Crippen molar-refractivity contribution in [1.82, 2.24) is 9.58 Å². The molecule has 2 atom stereocenters. The third kappa shape index (κ3) is 4.05. The first-order valence-corrected chi connectivity index (χ1v) is 11.2. The largest absolute Gasteiger partial charge is 0.502 e. The Balaban J connectivity index is 0.00000289. The summed E-state index contributed by atoms with van der Waals surface area (Å²) in [5.74, 6) is -1.44. The number of rotatable bonds is 2. The number of hydrogen-bond donors (Lipinski definition) is 1. The zero-order chi connectivity index (χ0) is 23.8. The van der Waals surface area contributed by atoms with Crippen LogP contribution in [0.3, 0.4) is 0 Å². The van der Waals surface area contributed by atoms with Crippen molar-refractivity contribution in [3.63, 3.8) is 0 Å². The summed E-state index contributed by atoms with van der Waals surface area (Å²) < 4.78 is 22.4. The van der Waals surface area contributed by atoms with Gasteiger partial charge in [-0.15, -0.1) is 0 Å². The molecular formula is C27H28FN3O4. The number of amides is 1. The monoisotopic (exact) mass is 477 g/mol. The maximum atomic E-state index is 15.0. The molecule has 0 saturated heterocycles. The lowest BCUT2D eigenvalue weighted by atomic mass is 9.96. The Morgan fingerprint density at radius 3 is 2.60 bits per heavy atom. The second-order valence-corrected chi connectivity index (χ2v) is 8.26. The van der Waals surface area contributed by atoms with Crippen molar-refractivity contribution in [2.75, 3.05) is 18.3 Å². The molecule has 2 aromatic carbocycles. The number of ether oxygens (including phenoxy) is 1. The highest BCUT2D eigenvalue weighted by Gasteiger charge is 2.39. The Morgan fingerprint density at radius 1 is 1.09 bits per heavy atom. The Morgan fingerprint density at radius 2 is 1.86 bits per heavy atom. The van der Waals surface area contributed by atoms with Gasteiger partial charge in [0.25, 0.3) is 5.91 Å². The highest BCUT2D eigenvalue weighted by Crippen LogP contribution is 2.38. The first-order chi connectivity index (χ1) is 16.5. The number of carbonyl (C=O) groups is 1. The normalized spacial score (nSPS) is 20.0. The molecule has 5 rings (SSSR count). The van der Waals surface area contributed by atoms with Gasteiger partial charge >= 0.3 is 0 Å². The number of hydrogen-bond acceptors (Lipinski definition) is 5. The van der Waals surface area contributed by atoms with Gasteiger partial charge in [0.1, 0.15) is 19.3 Å². The predicted octanol–water partition coefficient (Wildman–Crippen LogP) is 4.20. The van der Waals surface area contributed by atoms with Crippen LogP contribution in [-0.2, 0) is 0 Å². The molecule has 182 valence electrons. The minimum absolute atomic E-state index is 0. The second-order valence-electron chi connectivity index (χ2n) is 8.26. The molecule has 35 heavy (non-hydrogen) atoms. The maximum Gasteiger partial charge on any atom is 0.278 e. The standard InChI is InChI=1S/C26H24FN3O4.CH4/c1-2-18-10-7-15-34-25-19(11-6-12-20(25)27)22(17-8-4-3-5-9-17)30-16-28(18)26(33)23-24(32)21(31)13-14-29(23)30;/h3-14,18,22,32H,2,15-16H2,1H3;1H4/b10-7+;/t18-,22+;/m0./s1.